The number of hydrogen-bond acceptors (Lipinski definition) is 3. The number of halogens is 1. The van der Waals surface area contributed by atoms with Crippen molar-refractivity contribution in [2.75, 3.05) is 26.2 Å². The molecule has 2 fully saturated rings. The minimum atomic E-state index is -0.246. The first-order chi connectivity index (χ1) is 10.6. The van der Waals surface area contributed by atoms with Crippen LogP contribution in [0, 0.1) is 5.92 Å². The van der Waals surface area contributed by atoms with Gasteiger partial charge in [0.2, 0.25) is 5.91 Å². The van der Waals surface area contributed by atoms with E-state index in [-0.39, 0.29) is 30.0 Å². The quantitative estimate of drug-likeness (QED) is 0.897. The first-order valence-electron chi connectivity index (χ1n) is 8.24. The fourth-order valence-electron chi connectivity index (χ4n) is 2.96. The number of carbonyl (C=O) groups is 1. The van der Waals surface area contributed by atoms with Gasteiger partial charge < -0.3 is 15.0 Å². The van der Waals surface area contributed by atoms with Gasteiger partial charge in [0.05, 0.1) is 25.2 Å². The van der Waals surface area contributed by atoms with Gasteiger partial charge >= 0.3 is 0 Å². The van der Waals surface area contributed by atoms with Crippen LogP contribution in [0.5, 0.6) is 0 Å². The molecule has 128 valence electrons. The van der Waals surface area contributed by atoms with Crippen LogP contribution in [0.1, 0.15) is 38.4 Å². The third kappa shape index (κ3) is 4.69. The van der Waals surface area contributed by atoms with Crippen LogP contribution in [0.3, 0.4) is 0 Å². The van der Waals surface area contributed by atoms with E-state index in [1.54, 1.807) is 0 Å². The first-order valence-corrected chi connectivity index (χ1v) is 8.24. The van der Waals surface area contributed by atoms with Gasteiger partial charge in [-0.2, -0.15) is 0 Å². The van der Waals surface area contributed by atoms with E-state index in [0.29, 0.717) is 19.7 Å². The van der Waals surface area contributed by atoms with Crippen molar-refractivity contribution in [1.29, 1.82) is 0 Å². The third-order valence-corrected chi connectivity index (χ3v) is 4.60. The van der Waals surface area contributed by atoms with Gasteiger partial charge in [0.25, 0.3) is 0 Å². The maximum Gasteiger partial charge on any atom is 0.237 e. The molecule has 5 heteroatoms. The molecule has 1 heterocycles. The van der Waals surface area contributed by atoms with Gasteiger partial charge in [0.15, 0.2) is 0 Å². The van der Waals surface area contributed by atoms with Crippen LogP contribution in [0.25, 0.3) is 0 Å². The van der Waals surface area contributed by atoms with Crippen LogP contribution in [-0.4, -0.2) is 42.6 Å². The Kier molecular flexibility index (Phi) is 6.06. The first kappa shape index (κ1) is 18.2. The van der Waals surface area contributed by atoms with Crippen LogP contribution in [0.2, 0.25) is 0 Å². The molecule has 3 rings (SSSR count). The van der Waals surface area contributed by atoms with Gasteiger partial charge in [0, 0.05) is 0 Å². The summed E-state index contributed by atoms with van der Waals surface area (Å²) in [5.41, 5.74) is 0.894. The number of rotatable bonds is 5. The standard InChI is InChI=1S/C18H26N2O2.ClH/c1-18(2)13-22-16(15-6-4-3-5-7-15)12-20(18)17(21)11-19-10-14-8-9-14;/h3-7,14,16,19H,8-13H2,1-2H3;1H. The summed E-state index contributed by atoms with van der Waals surface area (Å²) in [6.07, 6.45) is 2.59. The van der Waals surface area contributed by atoms with Crippen LogP contribution in [-0.2, 0) is 9.53 Å². The molecular weight excluding hydrogens is 312 g/mol. The number of morpholine rings is 1. The van der Waals surface area contributed by atoms with Crippen LogP contribution >= 0.6 is 12.4 Å². The van der Waals surface area contributed by atoms with Crippen molar-refractivity contribution >= 4 is 18.3 Å². The Morgan fingerprint density at radius 3 is 2.65 bits per heavy atom. The van der Waals surface area contributed by atoms with Crippen LogP contribution in [0.4, 0.5) is 0 Å². The van der Waals surface area contributed by atoms with Crippen LogP contribution in [0.15, 0.2) is 30.3 Å². The molecule has 1 aromatic carbocycles. The average Bonchev–Trinajstić information content (AvgIpc) is 3.32. The minimum Gasteiger partial charge on any atom is -0.369 e. The highest BCUT2D eigenvalue weighted by molar-refractivity contribution is 5.85. The highest BCUT2D eigenvalue weighted by Gasteiger charge is 2.38. The lowest BCUT2D eigenvalue weighted by molar-refractivity contribution is -0.153. The van der Waals surface area contributed by atoms with Gasteiger partial charge in [0.1, 0.15) is 6.10 Å². The number of nitrogens with one attached hydrogen (secondary N) is 1. The fraction of sp³-hybridized carbons (Fsp3) is 0.611. The Bertz CT molecular complexity index is 517. The molecule has 0 aromatic heterocycles. The number of ether oxygens (including phenoxy) is 1. The van der Waals surface area contributed by atoms with Crippen molar-refractivity contribution in [3.05, 3.63) is 35.9 Å². The van der Waals surface area contributed by atoms with Gasteiger partial charge in [-0.05, 0) is 44.7 Å². The number of carbonyl (C=O) groups excluding carboxylic acids is 1. The maximum absolute atomic E-state index is 12.6. The summed E-state index contributed by atoms with van der Waals surface area (Å²) < 4.78 is 6.00. The molecular formula is C18H27ClN2O2. The second-order valence-electron chi connectivity index (χ2n) is 7.10. The lowest BCUT2D eigenvalue weighted by atomic mass is 9.98. The van der Waals surface area contributed by atoms with E-state index >= 15 is 0 Å². The monoisotopic (exact) mass is 338 g/mol. The summed E-state index contributed by atoms with van der Waals surface area (Å²) in [5, 5.41) is 3.30. The van der Waals surface area contributed by atoms with Crippen molar-refractivity contribution < 1.29 is 9.53 Å². The maximum atomic E-state index is 12.6. The molecule has 1 saturated carbocycles. The number of amides is 1. The predicted octanol–water partition coefficient (Wildman–Crippen LogP) is 2.79. The number of hydrogen-bond donors (Lipinski definition) is 1. The molecule has 0 spiro atoms. The van der Waals surface area contributed by atoms with E-state index in [1.807, 2.05) is 23.1 Å². The molecule has 0 bridgehead atoms. The molecule has 2 aliphatic rings. The van der Waals surface area contributed by atoms with Crippen molar-refractivity contribution in [2.45, 2.75) is 38.3 Å². The zero-order valence-corrected chi connectivity index (χ0v) is 14.8. The average molecular weight is 339 g/mol. The second kappa shape index (κ2) is 7.65. The van der Waals surface area contributed by atoms with Crippen molar-refractivity contribution in [3.8, 4) is 0 Å². The topological polar surface area (TPSA) is 41.6 Å². The zero-order valence-electron chi connectivity index (χ0n) is 14.0. The highest BCUT2D eigenvalue weighted by atomic mass is 35.5. The molecule has 1 saturated heterocycles. The summed E-state index contributed by atoms with van der Waals surface area (Å²) in [7, 11) is 0. The number of benzene rings is 1. The van der Waals surface area contributed by atoms with E-state index in [0.717, 1.165) is 18.0 Å². The molecule has 1 N–H and O–H groups in total. The third-order valence-electron chi connectivity index (χ3n) is 4.60. The Balaban J connectivity index is 0.00000192. The van der Waals surface area contributed by atoms with Gasteiger partial charge in [-0.15, -0.1) is 12.4 Å². The number of nitrogens with zero attached hydrogens (tertiary/aromatic N) is 1. The summed E-state index contributed by atoms with van der Waals surface area (Å²) in [6, 6.07) is 10.2. The summed E-state index contributed by atoms with van der Waals surface area (Å²) in [5.74, 6) is 0.970. The van der Waals surface area contributed by atoms with E-state index < -0.39 is 0 Å². The molecule has 1 aliphatic carbocycles. The normalized spacial score (nSPS) is 23.2. The van der Waals surface area contributed by atoms with E-state index in [1.165, 1.54) is 12.8 Å². The molecule has 1 amide bonds. The zero-order chi connectivity index (χ0) is 15.6. The van der Waals surface area contributed by atoms with E-state index in [9.17, 15) is 4.79 Å². The SMILES string of the molecule is CC1(C)COC(c2ccccc2)CN1C(=O)CNCC1CC1.Cl. The van der Waals surface area contributed by atoms with Crippen molar-refractivity contribution in [2.24, 2.45) is 5.92 Å². The Morgan fingerprint density at radius 1 is 1.30 bits per heavy atom. The van der Waals surface area contributed by atoms with Gasteiger partial charge in [-0.1, -0.05) is 30.3 Å². The second-order valence-corrected chi connectivity index (χ2v) is 7.10. The highest BCUT2D eigenvalue weighted by Crippen LogP contribution is 2.30. The molecule has 23 heavy (non-hydrogen) atoms. The molecule has 1 atom stereocenters. The van der Waals surface area contributed by atoms with Crippen LogP contribution < -0.4 is 5.32 Å². The minimum absolute atomic E-state index is 0. The summed E-state index contributed by atoms with van der Waals surface area (Å²) >= 11 is 0. The smallest absolute Gasteiger partial charge is 0.237 e. The Labute approximate surface area is 145 Å². The molecule has 1 aliphatic heterocycles. The predicted molar refractivity (Wildman–Crippen MR) is 93.8 cm³/mol. The summed E-state index contributed by atoms with van der Waals surface area (Å²) in [6.45, 7) is 6.75. The fourth-order valence-corrected chi connectivity index (χ4v) is 2.96. The Hall–Kier alpha value is -1.10. The lowest BCUT2D eigenvalue weighted by Gasteiger charge is -2.45. The molecule has 1 unspecified atom stereocenters. The van der Waals surface area contributed by atoms with Crippen molar-refractivity contribution in [1.82, 2.24) is 10.2 Å². The Morgan fingerprint density at radius 2 is 2.00 bits per heavy atom. The largest absolute Gasteiger partial charge is 0.369 e. The lowest BCUT2D eigenvalue weighted by Crippen LogP contribution is -2.58. The van der Waals surface area contributed by atoms with Crippen molar-refractivity contribution in [3.63, 3.8) is 0 Å². The van der Waals surface area contributed by atoms with Gasteiger partial charge in [-0.25, -0.2) is 0 Å². The summed E-state index contributed by atoms with van der Waals surface area (Å²) in [4.78, 5) is 14.6. The van der Waals surface area contributed by atoms with Gasteiger partial charge in [-0.3, -0.25) is 4.79 Å². The van der Waals surface area contributed by atoms with E-state index in [4.69, 9.17) is 4.74 Å². The molecule has 4 nitrogen and oxygen atoms in total. The van der Waals surface area contributed by atoms with E-state index in [2.05, 4.69) is 31.3 Å². The molecule has 0 radical (unpaired) electrons. The molecule has 1 aromatic rings.